The summed E-state index contributed by atoms with van der Waals surface area (Å²) in [5.41, 5.74) is 3.26. The summed E-state index contributed by atoms with van der Waals surface area (Å²) in [6.45, 7) is 7.21. The van der Waals surface area contributed by atoms with Crippen molar-refractivity contribution in [3.8, 4) is 0 Å². The van der Waals surface area contributed by atoms with Gasteiger partial charge in [-0.2, -0.15) is 5.10 Å². The van der Waals surface area contributed by atoms with Crippen molar-refractivity contribution in [3.63, 3.8) is 0 Å². The highest BCUT2D eigenvalue weighted by Crippen LogP contribution is 2.15. The van der Waals surface area contributed by atoms with Gasteiger partial charge in [0.05, 0.1) is 12.3 Å². The highest BCUT2D eigenvalue weighted by Gasteiger charge is 2.11. The molecule has 1 N–H and O–H groups in total. The molecule has 0 saturated heterocycles. The summed E-state index contributed by atoms with van der Waals surface area (Å²) in [5, 5.41) is 13.4. The predicted molar refractivity (Wildman–Crippen MR) is 52.6 cm³/mol. The van der Waals surface area contributed by atoms with Crippen LogP contribution in [0.5, 0.6) is 0 Å². The second-order valence-electron chi connectivity index (χ2n) is 3.24. The van der Waals surface area contributed by atoms with Gasteiger partial charge in [-0.15, -0.1) is 0 Å². The minimum Gasteiger partial charge on any atom is -0.390 e. The van der Waals surface area contributed by atoms with Crippen LogP contribution in [0.4, 0.5) is 0 Å². The molecule has 0 aliphatic heterocycles. The van der Waals surface area contributed by atoms with Crippen LogP contribution in [0.1, 0.15) is 37.2 Å². The van der Waals surface area contributed by atoms with Crippen molar-refractivity contribution < 1.29 is 5.11 Å². The van der Waals surface area contributed by atoms with Gasteiger partial charge in [-0.25, -0.2) is 0 Å². The zero-order chi connectivity index (χ0) is 9.84. The Balaban J connectivity index is 3.05. The average Bonchev–Trinajstić information content (AvgIpc) is 2.45. The Labute approximate surface area is 79.4 Å². The average molecular weight is 182 g/mol. The molecular formula is C10H18N2O. The van der Waals surface area contributed by atoms with Crippen molar-refractivity contribution in [3.05, 3.63) is 17.0 Å². The lowest BCUT2D eigenvalue weighted by atomic mass is 10.1. The third kappa shape index (κ3) is 1.91. The molecule has 74 valence electrons. The first kappa shape index (κ1) is 10.3. The lowest BCUT2D eigenvalue weighted by molar-refractivity contribution is 0.274. The number of aliphatic hydroxyl groups is 1. The molecule has 0 fully saturated rings. The molecule has 0 unspecified atom stereocenters. The van der Waals surface area contributed by atoms with Gasteiger partial charge < -0.3 is 5.11 Å². The topological polar surface area (TPSA) is 38.1 Å². The quantitative estimate of drug-likeness (QED) is 0.769. The summed E-state index contributed by atoms with van der Waals surface area (Å²) in [6, 6.07) is 0. The molecule has 3 nitrogen and oxygen atoms in total. The molecule has 3 heteroatoms. The Morgan fingerprint density at radius 3 is 2.54 bits per heavy atom. The van der Waals surface area contributed by atoms with Crippen molar-refractivity contribution in [2.75, 3.05) is 0 Å². The number of aromatic nitrogens is 2. The van der Waals surface area contributed by atoms with Crippen LogP contribution in [0.25, 0.3) is 0 Å². The maximum absolute atomic E-state index is 9.04. The Morgan fingerprint density at radius 2 is 2.08 bits per heavy atom. The lowest BCUT2D eigenvalue weighted by Crippen LogP contribution is -2.03. The van der Waals surface area contributed by atoms with Crippen LogP contribution in [0.3, 0.4) is 0 Å². The van der Waals surface area contributed by atoms with Crippen molar-refractivity contribution in [2.24, 2.45) is 0 Å². The molecule has 13 heavy (non-hydrogen) atoms. The van der Waals surface area contributed by atoms with E-state index in [-0.39, 0.29) is 6.61 Å². The van der Waals surface area contributed by atoms with Gasteiger partial charge in [0.25, 0.3) is 0 Å². The Bertz CT molecular complexity index is 279. The molecule has 1 aromatic rings. The second-order valence-corrected chi connectivity index (χ2v) is 3.24. The minimum atomic E-state index is 0.0511. The Hall–Kier alpha value is -0.830. The highest BCUT2D eigenvalue weighted by molar-refractivity contribution is 5.24. The molecule has 0 bridgehead atoms. The monoisotopic (exact) mass is 182 g/mol. The Kier molecular flexibility index (Phi) is 3.48. The summed E-state index contributed by atoms with van der Waals surface area (Å²) >= 11 is 0. The van der Waals surface area contributed by atoms with E-state index in [1.165, 1.54) is 5.69 Å². The highest BCUT2D eigenvalue weighted by atomic mass is 16.3. The van der Waals surface area contributed by atoms with Gasteiger partial charge in [-0.05, 0) is 25.8 Å². The molecule has 1 heterocycles. The van der Waals surface area contributed by atoms with E-state index in [4.69, 9.17) is 5.11 Å². The molecule has 0 aliphatic rings. The summed E-state index contributed by atoms with van der Waals surface area (Å²) in [7, 11) is 0. The van der Waals surface area contributed by atoms with Gasteiger partial charge >= 0.3 is 0 Å². The van der Waals surface area contributed by atoms with E-state index in [1.54, 1.807) is 0 Å². The number of aliphatic hydroxyl groups excluding tert-OH is 1. The SMILES string of the molecule is CCCc1c(C)c(CO)nn1CC. The minimum absolute atomic E-state index is 0.0511. The van der Waals surface area contributed by atoms with Crippen LogP contribution in [0, 0.1) is 6.92 Å². The summed E-state index contributed by atoms with van der Waals surface area (Å²) in [4.78, 5) is 0. The normalized spacial score (nSPS) is 10.8. The Morgan fingerprint density at radius 1 is 1.38 bits per heavy atom. The van der Waals surface area contributed by atoms with Gasteiger partial charge in [-0.3, -0.25) is 4.68 Å². The summed E-state index contributed by atoms with van der Waals surface area (Å²) < 4.78 is 1.99. The fraction of sp³-hybridized carbons (Fsp3) is 0.700. The molecule has 0 radical (unpaired) electrons. The van der Waals surface area contributed by atoms with Crippen LogP contribution in [0.2, 0.25) is 0 Å². The van der Waals surface area contributed by atoms with E-state index in [0.717, 1.165) is 30.6 Å². The van der Waals surface area contributed by atoms with E-state index in [2.05, 4.69) is 18.9 Å². The van der Waals surface area contributed by atoms with Gasteiger partial charge in [0.15, 0.2) is 0 Å². The second kappa shape index (κ2) is 4.42. The van der Waals surface area contributed by atoms with E-state index in [0.29, 0.717) is 0 Å². The van der Waals surface area contributed by atoms with E-state index < -0.39 is 0 Å². The zero-order valence-electron chi connectivity index (χ0n) is 8.67. The zero-order valence-corrected chi connectivity index (χ0v) is 8.67. The fourth-order valence-corrected chi connectivity index (χ4v) is 1.61. The molecule has 0 atom stereocenters. The largest absolute Gasteiger partial charge is 0.390 e. The molecule has 0 amide bonds. The third-order valence-corrected chi connectivity index (χ3v) is 2.35. The van der Waals surface area contributed by atoms with Gasteiger partial charge in [0.2, 0.25) is 0 Å². The lowest BCUT2D eigenvalue weighted by Gasteiger charge is -2.03. The van der Waals surface area contributed by atoms with Gasteiger partial charge in [0.1, 0.15) is 0 Å². The molecule has 0 spiro atoms. The summed E-state index contributed by atoms with van der Waals surface area (Å²) in [5.74, 6) is 0. The van der Waals surface area contributed by atoms with Gasteiger partial charge in [-0.1, -0.05) is 13.3 Å². The van der Waals surface area contributed by atoms with E-state index >= 15 is 0 Å². The molecule has 0 aromatic carbocycles. The maximum atomic E-state index is 9.04. The number of nitrogens with zero attached hydrogens (tertiary/aromatic N) is 2. The van der Waals surface area contributed by atoms with Crippen molar-refractivity contribution >= 4 is 0 Å². The van der Waals surface area contributed by atoms with Crippen molar-refractivity contribution in [2.45, 2.75) is 46.8 Å². The van der Waals surface area contributed by atoms with Crippen molar-refractivity contribution in [1.29, 1.82) is 0 Å². The molecule has 1 aromatic heterocycles. The first-order valence-corrected chi connectivity index (χ1v) is 4.90. The van der Waals surface area contributed by atoms with E-state index in [9.17, 15) is 0 Å². The third-order valence-electron chi connectivity index (χ3n) is 2.35. The maximum Gasteiger partial charge on any atom is 0.0910 e. The summed E-state index contributed by atoms with van der Waals surface area (Å²) in [6.07, 6.45) is 2.17. The van der Waals surface area contributed by atoms with Crippen LogP contribution in [-0.4, -0.2) is 14.9 Å². The number of rotatable bonds is 4. The van der Waals surface area contributed by atoms with E-state index in [1.807, 2.05) is 11.6 Å². The smallest absolute Gasteiger partial charge is 0.0910 e. The van der Waals surface area contributed by atoms with Crippen molar-refractivity contribution in [1.82, 2.24) is 9.78 Å². The van der Waals surface area contributed by atoms with Crippen LogP contribution in [0.15, 0.2) is 0 Å². The number of hydrogen-bond acceptors (Lipinski definition) is 2. The first-order valence-electron chi connectivity index (χ1n) is 4.90. The van der Waals surface area contributed by atoms with Crippen LogP contribution in [-0.2, 0) is 19.6 Å². The van der Waals surface area contributed by atoms with Crippen LogP contribution < -0.4 is 0 Å². The molecule has 0 aliphatic carbocycles. The first-order chi connectivity index (χ1) is 6.24. The number of hydrogen-bond donors (Lipinski definition) is 1. The molecule has 0 saturated carbocycles. The molecule has 1 rings (SSSR count). The van der Waals surface area contributed by atoms with Gasteiger partial charge in [0, 0.05) is 12.2 Å². The molecular weight excluding hydrogens is 164 g/mol. The number of aryl methyl sites for hydroxylation is 1. The predicted octanol–water partition coefficient (Wildman–Crippen LogP) is 1.66. The standard InChI is InChI=1S/C10H18N2O/c1-4-6-10-8(3)9(7-13)11-12(10)5-2/h13H,4-7H2,1-3H3. The fourth-order valence-electron chi connectivity index (χ4n) is 1.61. The van der Waals surface area contributed by atoms with Crippen LogP contribution >= 0.6 is 0 Å².